The molecule has 3 aromatic rings. The van der Waals surface area contributed by atoms with Crippen molar-refractivity contribution in [3.63, 3.8) is 0 Å². The molecule has 0 radical (unpaired) electrons. The van der Waals surface area contributed by atoms with Gasteiger partial charge >= 0.3 is 0 Å². The Kier molecular flexibility index (Phi) is 3.36. The van der Waals surface area contributed by atoms with E-state index in [9.17, 15) is 8.42 Å². The summed E-state index contributed by atoms with van der Waals surface area (Å²) in [4.78, 5) is 14.5. The van der Waals surface area contributed by atoms with Crippen molar-refractivity contribution >= 4 is 15.7 Å². The lowest BCUT2D eigenvalue weighted by molar-refractivity contribution is 0.598. The molecule has 0 aliphatic heterocycles. The van der Waals surface area contributed by atoms with Gasteiger partial charge < -0.3 is 4.98 Å². The zero-order chi connectivity index (χ0) is 14.7. The lowest BCUT2D eigenvalue weighted by atomic mass is 10.2. The molecule has 2 heterocycles. The highest BCUT2D eigenvalue weighted by Crippen LogP contribution is 2.16. The van der Waals surface area contributed by atoms with Crippen LogP contribution in [0.25, 0.3) is 11.4 Å². The van der Waals surface area contributed by atoms with Gasteiger partial charge in [-0.05, 0) is 0 Å². The zero-order valence-corrected chi connectivity index (χ0v) is 11.6. The van der Waals surface area contributed by atoms with E-state index < -0.39 is 10.0 Å². The van der Waals surface area contributed by atoms with E-state index in [1.165, 1.54) is 24.9 Å². The lowest BCUT2D eigenvalue weighted by Gasteiger charge is -2.06. The number of benzene rings is 1. The largest absolute Gasteiger partial charge is 0.334 e. The van der Waals surface area contributed by atoms with Gasteiger partial charge in [0.25, 0.3) is 10.0 Å². The summed E-state index contributed by atoms with van der Waals surface area (Å²) in [5, 5.41) is -0.0189. The minimum Gasteiger partial charge on any atom is -0.334 e. The van der Waals surface area contributed by atoms with E-state index >= 15 is 0 Å². The Balaban J connectivity index is 1.83. The summed E-state index contributed by atoms with van der Waals surface area (Å²) in [6, 6.07) is 9.42. The summed E-state index contributed by atoms with van der Waals surface area (Å²) < 4.78 is 26.3. The van der Waals surface area contributed by atoms with Crippen molar-refractivity contribution < 1.29 is 8.42 Å². The number of hydrogen-bond donors (Lipinski definition) is 2. The number of anilines is 1. The molecular weight excluding hydrogens is 290 g/mol. The van der Waals surface area contributed by atoms with Gasteiger partial charge in [0.1, 0.15) is 0 Å². The number of nitrogens with one attached hydrogen (secondary N) is 2. The molecule has 2 aromatic heterocycles. The maximum atomic E-state index is 12.0. The average molecular weight is 301 g/mol. The molecule has 0 atom stereocenters. The second kappa shape index (κ2) is 5.33. The van der Waals surface area contributed by atoms with Crippen LogP contribution in [0.3, 0.4) is 0 Å². The predicted octanol–water partition coefficient (Wildman–Crippen LogP) is 1.67. The summed E-state index contributed by atoms with van der Waals surface area (Å²) >= 11 is 0. The van der Waals surface area contributed by atoms with Gasteiger partial charge in [-0.3, -0.25) is 4.72 Å². The van der Waals surface area contributed by atoms with Crippen molar-refractivity contribution in [2.45, 2.75) is 5.03 Å². The van der Waals surface area contributed by atoms with Crippen LogP contribution in [0.5, 0.6) is 0 Å². The number of hydrogen-bond acceptors (Lipinski definition) is 5. The van der Waals surface area contributed by atoms with Crippen LogP contribution in [0.2, 0.25) is 0 Å². The van der Waals surface area contributed by atoms with E-state index in [0.29, 0.717) is 5.82 Å². The summed E-state index contributed by atoms with van der Waals surface area (Å²) in [5.41, 5.74) is 1.14. The van der Waals surface area contributed by atoms with E-state index in [4.69, 9.17) is 0 Å². The fraction of sp³-hybridized carbons (Fsp3) is 0. The van der Waals surface area contributed by atoms with Gasteiger partial charge in [-0.2, -0.15) is 8.42 Å². The van der Waals surface area contributed by atoms with E-state index in [-0.39, 0.29) is 10.7 Å². The Morgan fingerprint density at radius 2 is 1.71 bits per heavy atom. The Morgan fingerprint density at radius 3 is 2.33 bits per heavy atom. The Hall–Kier alpha value is -2.74. The lowest BCUT2D eigenvalue weighted by Crippen LogP contribution is -2.13. The van der Waals surface area contributed by atoms with Crippen molar-refractivity contribution in [1.82, 2.24) is 19.9 Å². The van der Waals surface area contributed by atoms with Crippen molar-refractivity contribution in [2.24, 2.45) is 0 Å². The molecule has 0 fully saturated rings. The molecule has 2 N–H and O–H groups in total. The first-order chi connectivity index (χ1) is 10.1. The zero-order valence-electron chi connectivity index (χ0n) is 10.8. The van der Waals surface area contributed by atoms with E-state index in [1.54, 1.807) is 0 Å². The first kappa shape index (κ1) is 13.3. The highest BCUT2D eigenvalue weighted by atomic mass is 32.2. The van der Waals surface area contributed by atoms with Crippen LogP contribution < -0.4 is 4.72 Å². The van der Waals surface area contributed by atoms with Crippen LogP contribution in [0.15, 0.2) is 60.3 Å². The normalized spacial score (nSPS) is 11.2. The number of H-pyrrole nitrogens is 1. The van der Waals surface area contributed by atoms with E-state index in [1.807, 2.05) is 30.3 Å². The average Bonchev–Trinajstić information content (AvgIpc) is 3.04. The number of aromatic amines is 1. The van der Waals surface area contributed by atoms with Crippen LogP contribution in [-0.2, 0) is 10.0 Å². The van der Waals surface area contributed by atoms with Crippen molar-refractivity contribution in [1.29, 1.82) is 0 Å². The van der Waals surface area contributed by atoms with Crippen LogP contribution in [0.1, 0.15) is 0 Å². The molecular formula is C13H11N5O2S. The third-order valence-corrected chi connectivity index (χ3v) is 4.01. The fourth-order valence-electron chi connectivity index (χ4n) is 1.72. The van der Waals surface area contributed by atoms with E-state index in [2.05, 4.69) is 24.7 Å². The number of nitrogens with zero attached hydrogens (tertiary/aromatic N) is 3. The summed E-state index contributed by atoms with van der Waals surface area (Å²) in [6.45, 7) is 0. The monoisotopic (exact) mass is 301 g/mol. The van der Waals surface area contributed by atoms with Crippen LogP contribution in [-0.4, -0.2) is 28.4 Å². The van der Waals surface area contributed by atoms with Gasteiger partial charge in [0.05, 0.1) is 30.6 Å². The first-order valence-electron chi connectivity index (χ1n) is 6.04. The third-order valence-electron chi connectivity index (χ3n) is 2.70. The Labute approximate surface area is 121 Å². The van der Waals surface area contributed by atoms with Crippen LogP contribution >= 0.6 is 0 Å². The predicted molar refractivity (Wildman–Crippen MR) is 76.9 cm³/mol. The molecule has 0 saturated carbocycles. The third kappa shape index (κ3) is 2.90. The molecule has 0 spiro atoms. The maximum Gasteiger partial charge on any atom is 0.279 e. The van der Waals surface area contributed by atoms with Crippen molar-refractivity contribution in [3.05, 3.63) is 55.2 Å². The second-order valence-electron chi connectivity index (χ2n) is 4.18. The van der Waals surface area contributed by atoms with Crippen molar-refractivity contribution in [3.8, 4) is 11.4 Å². The second-order valence-corrected chi connectivity index (χ2v) is 5.83. The van der Waals surface area contributed by atoms with Gasteiger partial charge in [0.15, 0.2) is 10.9 Å². The molecule has 0 saturated heterocycles. The molecule has 8 heteroatoms. The fourth-order valence-corrected chi connectivity index (χ4v) is 2.65. The Morgan fingerprint density at radius 1 is 1.00 bits per heavy atom. The molecule has 0 bridgehead atoms. The molecule has 1 aromatic carbocycles. The standard InChI is InChI=1S/C13H11N5O2S/c19-21(20,12-8-14-9-17-12)18-11-6-15-13(16-7-11)10-4-2-1-3-5-10/h1-9,18H,(H,14,17). The number of sulfonamides is 1. The quantitative estimate of drug-likeness (QED) is 0.763. The Bertz CT molecular complexity index is 815. The molecule has 0 amide bonds. The topological polar surface area (TPSA) is 101 Å². The molecule has 7 nitrogen and oxygen atoms in total. The molecule has 3 rings (SSSR count). The highest BCUT2D eigenvalue weighted by molar-refractivity contribution is 7.92. The number of rotatable bonds is 4. The molecule has 21 heavy (non-hydrogen) atoms. The molecule has 106 valence electrons. The van der Waals surface area contributed by atoms with Gasteiger partial charge in [0, 0.05) is 5.56 Å². The SMILES string of the molecule is O=S(=O)(Nc1cnc(-c2ccccc2)nc1)c1cnc[nH]1. The maximum absolute atomic E-state index is 12.0. The molecule has 0 aliphatic carbocycles. The van der Waals surface area contributed by atoms with Gasteiger partial charge in [-0.15, -0.1) is 0 Å². The van der Waals surface area contributed by atoms with Crippen LogP contribution in [0, 0.1) is 0 Å². The van der Waals surface area contributed by atoms with Gasteiger partial charge in [-0.1, -0.05) is 30.3 Å². The van der Waals surface area contributed by atoms with Crippen molar-refractivity contribution in [2.75, 3.05) is 4.72 Å². The van der Waals surface area contributed by atoms with E-state index in [0.717, 1.165) is 5.56 Å². The summed E-state index contributed by atoms with van der Waals surface area (Å²) in [7, 11) is -3.70. The van der Waals surface area contributed by atoms with Gasteiger partial charge in [0.2, 0.25) is 0 Å². The number of imidazole rings is 1. The number of aromatic nitrogens is 4. The van der Waals surface area contributed by atoms with Gasteiger partial charge in [-0.25, -0.2) is 15.0 Å². The minimum absolute atomic E-state index is 0.0189. The summed E-state index contributed by atoms with van der Waals surface area (Å²) in [6.07, 6.45) is 5.36. The highest BCUT2D eigenvalue weighted by Gasteiger charge is 2.15. The van der Waals surface area contributed by atoms with Crippen LogP contribution in [0.4, 0.5) is 5.69 Å². The minimum atomic E-state index is -3.70. The summed E-state index contributed by atoms with van der Waals surface area (Å²) in [5.74, 6) is 0.528. The molecule has 0 unspecified atom stereocenters. The molecule has 0 aliphatic rings. The first-order valence-corrected chi connectivity index (χ1v) is 7.52. The smallest absolute Gasteiger partial charge is 0.279 e.